The maximum absolute atomic E-state index is 13.8. The third kappa shape index (κ3) is 4.10. The zero-order valence-electron chi connectivity index (χ0n) is 11.5. The van der Waals surface area contributed by atoms with Gasteiger partial charge >= 0.3 is 6.18 Å². The number of nitrogens with two attached hydrogens (primary N) is 1. The first-order valence-corrected chi connectivity index (χ1v) is 7.42. The fourth-order valence-electron chi connectivity index (χ4n) is 3.00. The van der Waals surface area contributed by atoms with Crippen molar-refractivity contribution >= 4 is 11.6 Å². The summed E-state index contributed by atoms with van der Waals surface area (Å²) in [6.45, 7) is 0. The summed E-state index contributed by atoms with van der Waals surface area (Å²) in [6, 6.07) is 4.38. The lowest BCUT2D eigenvalue weighted by molar-refractivity contribution is -0.184. The molecule has 2 N–H and O–H groups in total. The highest BCUT2D eigenvalue weighted by Crippen LogP contribution is 2.40. The summed E-state index contributed by atoms with van der Waals surface area (Å²) in [5, 5.41) is 0.0421. The lowest BCUT2D eigenvalue weighted by Crippen LogP contribution is -2.37. The molecular formula is C15H18ClF4N. The summed E-state index contributed by atoms with van der Waals surface area (Å²) in [5.74, 6) is -1.70. The number of hydrogen-bond acceptors (Lipinski definition) is 1. The fourth-order valence-corrected chi connectivity index (χ4v) is 3.20. The molecule has 0 amide bonds. The van der Waals surface area contributed by atoms with Crippen LogP contribution in [0.4, 0.5) is 17.6 Å². The molecule has 0 heterocycles. The lowest BCUT2D eigenvalue weighted by Gasteiger charge is -2.33. The third-order valence-electron chi connectivity index (χ3n) is 4.33. The number of alkyl halides is 3. The van der Waals surface area contributed by atoms with Crippen molar-refractivity contribution < 1.29 is 17.6 Å². The molecule has 1 aromatic rings. The molecule has 0 bridgehead atoms. The normalized spacial score (nSPS) is 24.9. The van der Waals surface area contributed by atoms with E-state index in [1.165, 1.54) is 6.07 Å². The van der Waals surface area contributed by atoms with Gasteiger partial charge in [-0.1, -0.05) is 23.7 Å². The second-order valence-electron chi connectivity index (χ2n) is 5.73. The number of halogens is 5. The van der Waals surface area contributed by atoms with Gasteiger partial charge in [0.15, 0.2) is 0 Å². The zero-order chi connectivity index (χ0) is 15.6. The highest BCUT2D eigenvalue weighted by Gasteiger charge is 2.42. The summed E-state index contributed by atoms with van der Waals surface area (Å²) in [7, 11) is 0. The van der Waals surface area contributed by atoms with Crippen molar-refractivity contribution in [3.8, 4) is 0 Å². The van der Waals surface area contributed by atoms with E-state index in [4.69, 9.17) is 17.3 Å². The second kappa shape index (κ2) is 6.53. The van der Waals surface area contributed by atoms with Crippen LogP contribution in [-0.4, -0.2) is 12.2 Å². The maximum atomic E-state index is 13.8. The van der Waals surface area contributed by atoms with Crippen LogP contribution in [0.25, 0.3) is 0 Å². The Morgan fingerprint density at radius 3 is 2.38 bits per heavy atom. The monoisotopic (exact) mass is 323 g/mol. The second-order valence-corrected chi connectivity index (χ2v) is 6.14. The maximum Gasteiger partial charge on any atom is 0.391 e. The van der Waals surface area contributed by atoms with E-state index in [0.29, 0.717) is 24.8 Å². The number of hydrogen-bond donors (Lipinski definition) is 1. The molecule has 0 radical (unpaired) electrons. The van der Waals surface area contributed by atoms with E-state index in [1.807, 2.05) is 0 Å². The van der Waals surface area contributed by atoms with E-state index in [2.05, 4.69) is 0 Å². The summed E-state index contributed by atoms with van der Waals surface area (Å²) in [5.41, 5.74) is 6.49. The molecule has 0 spiro atoms. The molecular weight excluding hydrogens is 306 g/mol. The van der Waals surface area contributed by atoms with Crippen LogP contribution < -0.4 is 5.73 Å². The Balaban J connectivity index is 1.93. The Hall–Kier alpha value is -0.810. The van der Waals surface area contributed by atoms with Gasteiger partial charge in [-0.25, -0.2) is 4.39 Å². The van der Waals surface area contributed by atoms with E-state index in [-0.39, 0.29) is 29.8 Å². The van der Waals surface area contributed by atoms with E-state index >= 15 is 0 Å². The molecule has 6 heteroatoms. The van der Waals surface area contributed by atoms with Crippen LogP contribution in [0.2, 0.25) is 5.02 Å². The molecule has 0 aromatic heterocycles. The minimum atomic E-state index is -4.12. The summed E-state index contributed by atoms with van der Waals surface area (Å²) in [6.07, 6.45) is -2.72. The van der Waals surface area contributed by atoms with Crippen molar-refractivity contribution in [2.45, 2.75) is 44.3 Å². The Kier molecular flexibility index (Phi) is 5.15. The Labute approximate surface area is 126 Å². The topological polar surface area (TPSA) is 26.0 Å². The first kappa shape index (κ1) is 16.6. The van der Waals surface area contributed by atoms with Crippen molar-refractivity contribution in [2.75, 3.05) is 0 Å². The quantitative estimate of drug-likeness (QED) is 0.800. The minimum absolute atomic E-state index is 0.00183. The van der Waals surface area contributed by atoms with Crippen molar-refractivity contribution in [1.82, 2.24) is 0 Å². The van der Waals surface area contributed by atoms with E-state index < -0.39 is 17.9 Å². The Bertz CT molecular complexity index is 481. The molecule has 1 nitrogen and oxygen atoms in total. The van der Waals surface area contributed by atoms with Gasteiger partial charge in [0, 0.05) is 6.04 Å². The molecule has 21 heavy (non-hydrogen) atoms. The van der Waals surface area contributed by atoms with Crippen molar-refractivity contribution in [2.24, 2.45) is 17.6 Å². The molecule has 1 aliphatic carbocycles. The number of rotatable bonds is 3. The van der Waals surface area contributed by atoms with Crippen molar-refractivity contribution in [1.29, 1.82) is 0 Å². The Morgan fingerprint density at radius 2 is 1.81 bits per heavy atom. The van der Waals surface area contributed by atoms with Gasteiger partial charge in [0.05, 0.1) is 10.9 Å². The van der Waals surface area contributed by atoms with Gasteiger partial charge in [0.2, 0.25) is 0 Å². The highest BCUT2D eigenvalue weighted by molar-refractivity contribution is 6.30. The predicted molar refractivity (Wildman–Crippen MR) is 74.6 cm³/mol. The minimum Gasteiger partial charge on any atom is -0.327 e. The highest BCUT2D eigenvalue weighted by atomic mass is 35.5. The van der Waals surface area contributed by atoms with Crippen LogP contribution in [0.5, 0.6) is 0 Å². The SMILES string of the molecule is NC(Cc1cccc(Cl)c1F)C1CCC(C(F)(F)F)CC1. The number of benzene rings is 1. The lowest BCUT2D eigenvalue weighted by atomic mass is 9.77. The molecule has 1 aromatic carbocycles. The van der Waals surface area contributed by atoms with Crippen LogP contribution in [0.3, 0.4) is 0 Å². The molecule has 1 saturated carbocycles. The van der Waals surface area contributed by atoms with Crippen LogP contribution in [0.15, 0.2) is 18.2 Å². The van der Waals surface area contributed by atoms with Gasteiger partial charge < -0.3 is 5.73 Å². The van der Waals surface area contributed by atoms with Crippen molar-refractivity contribution in [3.05, 3.63) is 34.6 Å². The molecule has 118 valence electrons. The van der Waals surface area contributed by atoms with E-state index in [0.717, 1.165) is 0 Å². The van der Waals surface area contributed by atoms with E-state index in [9.17, 15) is 17.6 Å². The molecule has 1 atom stereocenters. The largest absolute Gasteiger partial charge is 0.391 e. The molecule has 1 fully saturated rings. The van der Waals surface area contributed by atoms with E-state index in [1.54, 1.807) is 12.1 Å². The summed E-state index contributed by atoms with van der Waals surface area (Å²) < 4.78 is 51.7. The van der Waals surface area contributed by atoms with Gasteiger partial charge in [0.25, 0.3) is 0 Å². The average Bonchev–Trinajstić information content (AvgIpc) is 2.43. The molecule has 0 saturated heterocycles. The summed E-state index contributed by atoms with van der Waals surface area (Å²) >= 11 is 5.71. The molecule has 0 aliphatic heterocycles. The van der Waals surface area contributed by atoms with Gasteiger partial charge in [0.1, 0.15) is 5.82 Å². The molecule has 1 unspecified atom stereocenters. The third-order valence-corrected chi connectivity index (χ3v) is 4.62. The van der Waals surface area contributed by atoms with Gasteiger partial charge in [-0.15, -0.1) is 0 Å². The first-order valence-electron chi connectivity index (χ1n) is 7.04. The molecule has 2 rings (SSSR count). The predicted octanol–water partition coefficient (Wildman–Crippen LogP) is 4.72. The smallest absolute Gasteiger partial charge is 0.327 e. The standard InChI is InChI=1S/C15H18ClF4N/c16-12-3-1-2-10(14(12)17)8-13(21)9-4-6-11(7-5-9)15(18,19)20/h1-3,9,11,13H,4-8,21H2. The zero-order valence-corrected chi connectivity index (χ0v) is 12.2. The van der Waals surface area contributed by atoms with Crippen molar-refractivity contribution in [3.63, 3.8) is 0 Å². The average molecular weight is 324 g/mol. The first-order chi connectivity index (χ1) is 9.79. The Morgan fingerprint density at radius 1 is 1.19 bits per heavy atom. The van der Waals surface area contributed by atoms with Gasteiger partial charge in [-0.05, 0) is 49.7 Å². The van der Waals surface area contributed by atoms with Crippen LogP contribution >= 0.6 is 11.6 Å². The van der Waals surface area contributed by atoms with Crippen LogP contribution in [0.1, 0.15) is 31.2 Å². The fraction of sp³-hybridized carbons (Fsp3) is 0.600. The van der Waals surface area contributed by atoms with Gasteiger partial charge in [-0.3, -0.25) is 0 Å². The molecule has 1 aliphatic rings. The van der Waals surface area contributed by atoms with Gasteiger partial charge in [-0.2, -0.15) is 13.2 Å². The van der Waals surface area contributed by atoms with Crippen LogP contribution in [0, 0.1) is 17.7 Å². The van der Waals surface area contributed by atoms with Crippen LogP contribution in [-0.2, 0) is 6.42 Å². The summed E-state index contributed by atoms with van der Waals surface area (Å²) in [4.78, 5) is 0.